The standard InChI is InChI=1S/C22H20ClN3O2/c1-16-5-2-3-8-21(16)25-22(27)26-24-14-18-6-4-7-20(13-18)28-15-17-9-11-19(23)12-10-17/h2-14H,15H2,1H3,(H2,25,26,27)/b24-14-. The first-order valence-electron chi connectivity index (χ1n) is 8.73. The zero-order chi connectivity index (χ0) is 19.8. The number of benzene rings is 3. The Balaban J connectivity index is 1.52. The summed E-state index contributed by atoms with van der Waals surface area (Å²) in [7, 11) is 0. The number of para-hydroxylation sites is 1. The number of aryl methyl sites for hydroxylation is 1. The molecule has 0 spiro atoms. The molecule has 0 fully saturated rings. The van der Waals surface area contributed by atoms with Gasteiger partial charge in [-0.15, -0.1) is 0 Å². The molecule has 0 aromatic heterocycles. The maximum absolute atomic E-state index is 11.9. The summed E-state index contributed by atoms with van der Waals surface area (Å²) in [6.45, 7) is 2.36. The van der Waals surface area contributed by atoms with Crippen molar-refractivity contribution in [2.75, 3.05) is 5.32 Å². The summed E-state index contributed by atoms with van der Waals surface area (Å²) in [5, 5.41) is 7.43. The van der Waals surface area contributed by atoms with Gasteiger partial charge < -0.3 is 10.1 Å². The Morgan fingerprint density at radius 2 is 1.86 bits per heavy atom. The van der Waals surface area contributed by atoms with E-state index in [-0.39, 0.29) is 0 Å². The van der Waals surface area contributed by atoms with Crippen LogP contribution in [0.3, 0.4) is 0 Å². The first kappa shape index (κ1) is 19.5. The number of urea groups is 1. The molecule has 3 aromatic rings. The van der Waals surface area contributed by atoms with Crippen LogP contribution in [0, 0.1) is 6.92 Å². The van der Waals surface area contributed by atoms with E-state index in [0.717, 1.165) is 22.4 Å². The summed E-state index contributed by atoms with van der Waals surface area (Å²) in [6, 6.07) is 22.1. The Hall–Kier alpha value is -3.31. The molecule has 0 radical (unpaired) electrons. The van der Waals surface area contributed by atoms with Crippen molar-refractivity contribution >= 4 is 29.5 Å². The largest absolute Gasteiger partial charge is 0.489 e. The molecule has 2 N–H and O–H groups in total. The second-order valence-electron chi connectivity index (χ2n) is 6.13. The average molecular weight is 394 g/mol. The topological polar surface area (TPSA) is 62.7 Å². The van der Waals surface area contributed by atoms with E-state index in [1.54, 1.807) is 6.21 Å². The van der Waals surface area contributed by atoms with Crippen molar-refractivity contribution in [1.82, 2.24) is 5.43 Å². The number of hydrogen-bond acceptors (Lipinski definition) is 3. The molecule has 0 bridgehead atoms. The molecule has 3 aromatic carbocycles. The number of rotatable bonds is 6. The predicted molar refractivity (Wildman–Crippen MR) is 113 cm³/mol. The van der Waals surface area contributed by atoms with Crippen LogP contribution in [0.4, 0.5) is 10.5 Å². The lowest BCUT2D eigenvalue weighted by Crippen LogP contribution is -2.24. The first-order valence-corrected chi connectivity index (χ1v) is 9.11. The monoisotopic (exact) mass is 393 g/mol. The molecule has 6 heteroatoms. The van der Waals surface area contributed by atoms with E-state index in [1.165, 1.54) is 0 Å². The third kappa shape index (κ3) is 5.86. The van der Waals surface area contributed by atoms with Gasteiger partial charge in [0.15, 0.2) is 0 Å². The smallest absolute Gasteiger partial charge is 0.339 e. The quantitative estimate of drug-likeness (QED) is 0.436. The minimum Gasteiger partial charge on any atom is -0.489 e. The molecule has 28 heavy (non-hydrogen) atoms. The number of nitrogens with one attached hydrogen (secondary N) is 2. The number of hydrogen-bond donors (Lipinski definition) is 2. The van der Waals surface area contributed by atoms with E-state index in [9.17, 15) is 4.79 Å². The van der Waals surface area contributed by atoms with Crippen LogP contribution in [0.1, 0.15) is 16.7 Å². The summed E-state index contributed by atoms with van der Waals surface area (Å²) in [5.41, 5.74) is 6.01. The van der Waals surface area contributed by atoms with Gasteiger partial charge in [0.05, 0.1) is 6.21 Å². The molecule has 2 amide bonds. The van der Waals surface area contributed by atoms with Crippen LogP contribution in [0.2, 0.25) is 5.02 Å². The van der Waals surface area contributed by atoms with Gasteiger partial charge in [0.2, 0.25) is 0 Å². The first-order chi connectivity index (χ1) is 13.6. The fourth-order valence-corrected chi connectivity index (χ4v) is 2.59. The molecule has 5 nitrogen and oxygen atoms in total. The molecule has 0 saturated carbocycles. The Morgan fingerprint density at radius 1 is 1.07 bits per heavy atom. The van der Waals surface area contributed by atoms with Gasteiger partial charge in [0.1, 0.15) is 12.4 Å². The van der Waals surface area contributed by atoms with Crippen LogP contribution in [0.5, 0.6) is 5.75 Å². The highest BCUT2D eigenvalue weighted by molar-refractivity contribution is 6.30. The van der Waals surface area contributed by atoms with Crippen molar-refractivity contribution in [2.45, 2.75) is 13.5 Å². The highest BCUT2D eigenvalue weighted by Crippen LogP contribution is 2.16. The highest BCUT2D eigenvalue weighted by atomic mass is 35.5. The minimum atomic E-state index is -0.402. The second kappa shape index (κ2) is 9.58. The Labute approximate surface area is 169 Å². The van der Waals surface area contributed by atoms with Gasteiger partial charge in [-0.3, -0.25) is 0 Å². The van der Waals surface area contributed by atoms with Crippen molar-refractivity contribution in [1.29, 1.82) is 0 Å². The van der Waals surface area contributed by atoms with E-state index in [1.807, 2.05) is 79.7 Å². The van der Waals surface area contributed by atoms with Crippen LogP contribution in [-0.4, -0.2) is 12.2 Å². The number of hydrazone groups is 1. The normalized spacial score (nSPS) is 10.6. The number of ether oxygens (including phenoxy) is 1. The van der Waals surface area contributed by atoms with Gasteiger partial charge in [0, 0.05) is 10.7 Å². The number of halogens is 1. The molecule has 0 aliphatic rings. The molecule has 0 unspecified atom stereocenters. The van der Waals surface area contributed by atoms with Crippen LogP contribution >= 0.6 is 11.6 Å². The van der Waals surface area contributed by atoms with Crippen molar-refractivity contribution in [2.24, 2.45) is 5.10 Å². The number of nitrogens with zero attached hydrogens (tertiary/aromatic N) is 1. The van der Waals surface area contributed by atoms with Crippen LogP contribution in [0.15, 0.2) is 77.9 Å². The third-order valence-corrected chi connectivity index (χ3v) is 4.20. The zero-order valence-electron chi connectivity index (χ0n) is 15.4. The number of carbonyl (C=O) groups excluding carboxylic acids is 1. The number of amides is 2. The van der Waals surface area contributed by atoms with Crippen LogP contribution in [-0.2, 0) is 6.61 Å². The van der Waals surface area contributed by atoms with E-state index >= 15 is 0 Å². The van der Waals surface area contributed by atoms with Crippen LogP contribution in [0.25, 0.3) is 0 Å². The summed E-state index contributed by atoms with van der Waals surface area (Å²) < 4.78 is 5.79. The predicted octanol–water partition coefficient (Wildman–Crippen LogP) is 5.38. The van der Waals surface area contributed by atoms with Gasteiger partial charge in [-0.2, -0.15) is 5.10 Å². The molecule has 0 heterocycles. The SMILES string of the molecule is Cc1ccccc1NC(=O)N/N=C\c1cccc(OCc2ccc(Cl)cc2)c1. The van der Waals surface area contributed by atoms with Crippen molar-refractivity contribution < 1.29 is 9.53 Å². The van der Waals surface area contributed by atoms with Gasteiger partial charge in [-0.05, 0) is 53.9 Å². The molecule has 3 rings (SSSR count). The molecule has 0 aliphatic heterocycles. The molecule has 0 saturated heterocycles. The van der Waals surface area contributed by atoms with Crippen molar-refractivity contribution in [3.8, 4) is 5.75 Å². The number of anilines is 1. The lowest BCUT2D eigenvalue weighted by Gasteiger charge is -2.07. The maximum atomic E-state index is 11.9. The fourth-order valence-electron chi connectivity index (χ4n) is 2.46. The van der Waals surface area contributed by atoms with Gasteiger partial charge in [-0.1, -0.05) is 54.1 Å². The fraction of sp³-hybridized carbons (Fsp3) is 0.0909. The summed E-state index contributed by atoms with van der Waals surface area (Å²) >= 11 is 5.88. The average Bonchev–Trinajstić information content (AvgIpc) is 2.70. The van der Waals surface area contributed by atoms with E-state index < -0.39 is 6.03 Å². The highest BCUT2D eigenvalue weighted by Gasteiger charge is 2.02. The lowest BCUT2D eigenvalue weighted by atomic mass is 10.2. The summed E-state index contributed by atoms with van der Waals surface area (Å²) in [6.07, 6.45) is 1.56. The third-order valence-electron chi connectivity index (χ3n) is 3.95. The Kier molecular flexibility index (Phi) is 6.65. The van der Waals surface area contributed by atoms with E-state index in [0.29, 0.717) is 17.4 Å². The maximum Gasteiger partial charge on any atom is 0.339 e. The van der Waals surface area contributed by atoms with Crippen molar-refractivity contribution in [3.63, 3.8) is 0 Å². The van der Waals surface area contributed by atoms with E-state index in [4.69, 9.17) is 16.3 Å². The molecule has 0 atom stereocenters. The molecule has 142 valence electrons. The minimum absolute atomic E-state index is 0.402. The van der Waals surface area contributed by atoms with Crippen LogP contribution < -0.4 is 15.5 Å². The van der Waals surface area contributed by atoms with Gasteiger partial charge in [-0.25, -0.2) is 10.2 Å². The molecule has 0 aliphatic carbocycles. The zero-order valence-corrected chi connectivity index (χ0v) is 16.1. The Bertz CT molecular complexity index is 972. The van der Waals surface area contributed by atoms with Gasteiger partial charge >= 0.3 is 6.03 Å². The summed E-state index contributed by atoms with van der Waals surface area (Å²) in [4.78, 5) is 11.9. The van der Waals surface area contributed by atoms with E-state index in [2.05, 4.69) is 15.8 Å². The van der Waals surface area contributed by atoms with Gasteiger partial charge in [0.25, 0.3) is 0 Å². The molecular formula is C22H20ClN3O2. The number of carbonyl (C=O) groups is 1. The lowest BCUT2D eigenvalue weighted by molar-refractivity contribution is 0.252. The Morgan fingerprint density at radius 3 is 2.64 bits per heavy atom. The molecular weight excluding hydrogens is 374 g/mol. The second-order valence-corrected chi connectivity index (χ2v) is 6.56. The van der Waals surface area contributed by atoms with Crippen molar-refractivity contribution in [3.05, 3.63) is 94.5 Å². The summed E-state index contributed by atoms with van der Waals surface area (Å²) in [5.74, 6) is 0.711.